The summed E-state index contributed by atoms with van der Waals surface area (Å²) in [4.78, 5) is 24.9. The van der Waals surface area contributed by atoms with Crippen molar-refractivity contribution >= 4 is 24.5 Å². The number of nitrogens with one attached hydrogen (secondary N) is 1. The predicted molar refractivity (Wildman–Crippen MR) is 87.1 cm³/mol. The summed E-state index contributed by atoms with van der Waals surface area (Å²) in [6.07, 6.45) is 0.379. The molecule has 1 N–H and O–H groups in total. The molecule has 0 bridgehead atoms. The van der Waals surface area contributed by atoms with Crippen LogP contribution in [-0.4, -0.2) is 25.0 Å². The van der Waals surface area contributed by atoms with Crippen LogP contribution in [0.1, 0.15) is 15.9 Å². The molecule has 5 heteroatoms. The van der Waals surface area contributed by atoms with Gasteiger partial charge in [0.05, 0.1) is 7.11 Å². The number of thiol groups is 1. The van der Waals surface area contributed by atoms with E-state index in [1.165, 1.54) is 7.11 Å². The summed E-state index contributed by atoms with van der Waals surface area (Å²) in [5, 5.41) is 2.71. The summed E-state index contributed by atoms with van der Waals surface area (Å²) in [6, 6.07) is 15.5. The van der Waals surface area contributed by atoms with E-state index in [0.29, 0.717) is 12.0 Å². The maximum absolute atomic E-state index is 12.2. The van der Waals surface area contributed by atoms with Crippen LogP contribution in [0.25, 0.3) is 0 Å². The molecule has 0 fully saturated rings. The molecule has 0 saturated carbocycles. The Bertz CT molecular complexity index is 641. The van der Waals surface area contributed by atoms with Crippen molar-refractivity contribution < 1.29 is 14.3 Å². The van der Waals surface area contributed by atoms with Crippen LogP contribution in [0, 0.1) is 0 Å². The number of hydrogen-bond acceptors (Lipinski definition) is 4. The normalized spacial score (nSPS) is 11.5. The number of ether oxygens (including phenoxy) is 1. The van der Waals surface area contributed by atoms with Gasteiger partial charge in [-0.2, -0.15) is 0 Å². The minimum absolute atomic E-state index is 0.320. The minimum Gasteiger partial charge on any atom is -0.467 e. The molecule has 1 atom stereocenters. The van der Waals surface area contributed by atoms with E-state index in [0.717, 1.165) is 10.5 Å². The average Bonchev–Trinajstić information content (AvgIpc) is 2.55. The highest BCUT2D eigenvalue weighted by Gasteiger charge is 2.22. The first kappa shape index (κ1) is 16.1. The smallest absolute Gasteiger partial charge is 0.328 e. The van der Waals surface area contributed by atoms with Gasteiger partial charge >= 0.3 is 5.97 Å². The molecule has 0 radical (unpaired) electrons. The van der Waals surface area contributed by atoms with Gasteiger partial charge in [-0.1, -0.05) is 30.3 Å². The summed E-state index contributed by atoms with van der Waals surface area (Å²) in [5.41, 5.74) is 1.42. The second-order valence-electron chi connectivity index (χ2n) is 4.79. The second kappa shape index (κ2) is 7.66. The molecule has 0 aromatic heterocycles. The molecular formula is C17H17NO3S. The minimum atomic E-state index is -0.726. The first-order valence-corrected chi connectivity index (χ1v) is 7.26. The number of carbonyl (C=O) groups excluding carboxylic acids is 2. The third-order valence-corrected chi connectivity index (χ3v) is 3.50. The van der Waals surface area contributed by atoms with Crippen molar-refractivity contribution in [2.75, 3.05) is 7.11 Å². The largest absolute Gasteiger partial charge is 0.467 e. The number of methoxy groups -OCH3 is 1. The summed E-state index contributed by atoms with van der Waals surface area (Å²) in [5.74, 6) is -0.789. The number of carbonyl (C=O) groups is 2. The Morgan fingerprint density at radius 3 is 2.32 bits per heavy atom. The third-order valence-electron chi connectivity index (χ3n) is 3.20. The number of hydrogen-bond donors (Lipinski definition) is 2. The van der Waals surface area contributed by atoms with Crippen LogP contribution in [-0.2, 0) is 16.0 Å². The molecule has 2 aromatic rings. The maximum atomic E-state index is 12.2. The van der Waals surface area contributed by atoms with E-state index in [1.54, 1.807) is 24.3 Å². The van der Waals surface area contributed by atoms with E-state index in [9.17, 15) is 9.59 Å². The van der Waals surface area contributed by atoms with E-state index in [-0.39, 0.29) is 5.91 Å². The molecule has 0 saturated heterocycles. The molecule has 0 spiro atoms. The Hall–Kier alpha value is -2.27. The lowest BCUT2D eigenvalue weighted by Gasteiger charge is -2.16. The fourth-order valence-electron chi connectivity index (χ4n) is 2.04. The van der Waals surface area contributed by atoms with E-state index in [4.69, 9.17) is 4.74 Å². The van der Waals surface area contributed by atoms with Gasteiger partial charge in [-0.25, -0.2) is 4.79 Å². The van der Waals surface area contributed by atoms with E-state index >= 15 is 0 Å². The van der Waals surface area contributed by atoms with Crippen molar-refractivity contribution in [3.05, 3.63) is 65.7 Å². The average molecular weight is 315 g/mol. The van der Waals surface area contributed by atoms with Gasteiger partial charge in [-0.15, -0.1) is 12.6 Å². The summed E-state index contributed by atoms with van der Waals surface area (Å²) >= 11 is 4.18. The maximum Gasteiger partial charge on any atom is 0.328 e. The summed E-state index contributed by atoms with van der Waals surface area (Å²) in [7, 11) is 1.31. The lowest BCUT2D eigenvalue weighted by molar-refractivity contribution is -0.142. The molecule has 22 heavy (non-hydrogen) atoms. The van der Waals surface area contributed by atoms with Gasteiger partial charge in [0.1, 0.15) is 6.04 Å². The van der Waals surface area contributed by atoms with Crippen LogP contribution in [0.3, 0.4) is 0 Å². The first-order valence-electron chi connectivity index (χ1n) is 6.82. The molecule has 2 rings (SSSR count). The topological polar surface area (TPSA) is 55.4 Å². The molecular weight excluding hydrogens is 298 g/mol. The zero-order chi connectivity index (χ0) is 15.9. The lowest BCUT2D eigenvalue weighted by atomic mass is 10.1. The molecule has 0 unspecified atom stereocenters. The van der Waals surface area contributed by atoms with Crippen LogP contribution < -0.4 is 5.32 Å². The Balaban J connectivity index is 2.11. The SMILES string of the molecule is COC(=O)[C@H](Cc1ccccc1)NC(=O)c1ccc(S)cc1. The Morgan fingerprint density at radius 1 is 1.09 bits per heavy atom. The predicted octanol–water partition coefficient (Wildman–Crippen LogP) is 2.49. The van der Waals surface area contributed by atoms with Gasteiger partial charge in [-0.3, -0.25) is 4.79 Å². The van der Waals surface area contributed by atoms with Crippen LogP contribution in [0.15, 0.2) is 59.5 Å². The first-order chi connectivity index (χ1) is 10.6. The Kier molecular flexibility index (Phi) is 5.61. The van der Waals surface area contributed by atoms with E-state index in [1.807, 2.05) is 30.3 Å². The number of amides is 1. The molecule has 114 valence electrons. The van der Waals surface area contributed by atoms with Crippen LogP contribution in [0.2, 0.25) is 0 Å². The quantitative estimate of drug-likeness (QED) is 0.658. The number of esters is 1. The zero-order valence-corrected chi connectivity index (χ0v) is 13.0. The Morgan fingerprint density at radius 2 is 1.73 bits per heavy atom. The van der Waals surface area contributed by atoms with Gasteiger partial charge in [0.2, 0.25) is 0 Å². The fraction of sp³-hybridized carbons (Fsp3) is 0.176. The fourth-order valence-corrected chi connectivity index (χ4v) is 2.19. The van der Waals surface area contributed by atoms with E-state index < -0.39 is 12.0 Å². The highest BCUT2D eigenvalue weighted by atomic mass is 32.1. The Labute approximate surface area is 134 Å². The lowest BCUT2D eigenvalue weighted by Crippen LogP contribution is -2.43. The third kappa shape index (κ3) is 4.36. The molecule has 1 amide bonds. The van der Waals surface area contributed by atoms with Crippen molar-refractivity contribution in [3.63, 3.8) is 0 Å². The standard InChI is InChI=1S/C17H17NO3S/c1-21-17(20)15(11-12-5-3-2-4-6-12)18-16(19)13-7-9-14(22)10-8-13/h2-10,15,22H,11H2,1H3,(H,18,19)/t15-/m0/s1. The van der Waals surface area contributed by atoms with Gasteiger partial charge in [0, 0.05) is 16.9 Å². The molecule has 4 nitrogen and oxygen atoms in total. The van der Waals surface area contributed by atoms with Gasteiger partial charge < -0.3 is 10.1 Å². The zero-order valence-electron chi connectivity index (χ0n) is 12.2. The molecule has 0 aliphatic heterocycles. The second-order valence-corrected chi connectivity index (χ2v) is 5.30. The van der Waals surface area contributed by atoms with Gasteiger partial charge in [-0.05, 0) is 29.8 Å². The van der Waals surface area contributed by atoms with Gasteiger partial charge in [0.15, 0.2) is 0 Å². The molecule has 2 aromatic carbocycles. The van der Waals surface area contributed by atoms with E-state index in [2.05, 4.69) is 17.9 Å². The van der Waals surface area contributed by atoms with Crippen LogP contribution in [0.4, 0.5) is 0 Å². The highest BCUT2D eigenvalue weighted by molar-refractivity contribution is 7.80. The highest BCUT2D eigenvalue weighted by Crippen LogP contribution is 2.09. The molecule has 0 heterocycles. The van der Waals surface area contributed by atoms with Crippen molar-refractivity contribution in [1.82, 2.24) is 5.32 Å². The summed E-state index contributed by atoms with van der Waals surface area (Å²) < 4.78 is 4.77. The molecule has 0 aliphatic rings. The monoisotopic (exact) mass is 315 g/mol. The summed E-state index contributed by atoms with van der Waals surface area (Å²) in [6.45, 7) is 0. The van der Waals surface area contributed by atoms with Crippen molar-refractivity contribution in [3.8, 4) is 0 Å². The number of benzene rings is 2. The molecule has 0 aliphatic carbocycles. The van der Waals surface area contributed by atoms with Crippen molar-refractivity contribution in [2.45, 2.75) is 17.4 Å². The van der Waals surface area contributed by atoms with Crippen molar-refractivity contribution in [1.29, 1.82) is 0 Å². The van der Waals surface area contributed by atoms with Crippen LogP contribution in [0.5, 0.6) is 0 Å². The van der Waals surface area contributed by atoms with Gasteiger partial charge in [0.25, 0.3) is 5.91 Å². The van der Waals surface area contributed by atoms with Crippen LogP contribution >= 0.6 is 12.6 Å². The number of rotatable bonds is 5. The van der Waals surface area contributed by atoms with Crippen molar-refractivity contribution in [2.24, 2.45) is 0 Å².